The van der Waals surface area contributed by atoms with Crippen LogP contribution in [-0.4, -0.2) is 31.4 Å². The van der Waals surface area contributed by atoms with Crippen molar-refractivity contribution < 1.29 is 23.4 Å². The lowest BCUT2D eigenvalue weighted by Crippen LogP contribution is -2.39. The lowest BCUT2D eigenvalue weighted by molar-refractivity contribution is -0.139. The van der Waals surface area contributed by atoms with E-state index in [-0.39, 0.29) is 17.7 Å². The first-order valence-corrected chi connectivity index (χ1v) is 13.3. The van der Waals surface area contributed by atoms with Gasteiger partial charge in [-0.2, -0.15) is 0 Å². The van der Waals surface area contributed by atoms with Gasteiger partial charge < -0.3 is 18.6 Å². The highest BCUT2D eigenvalue weighted by Crippen LogP contribution is 2.36. The highest BCUT2D eigenvalue weighted by molar-refractivity contribution is 7.07. The first kappa shape index (κ1) is 26.5. The smallest absolute Gasteiger partial charge is 0.338 e. The molecule has 1 aliphatic heterocycles. The van der Waals surface area contributed by atoms with Gasteiger partial charge in [0.15, 0.2) is 16.3 Å². The predicted molar refractivity (Wildman–Crippen MR) is 149 cm³/mol. The van der Waals surface area contributed by atoms with Gasteiger partial charge in [0, 0.05) is 16.7 Å². The Morgan fingerprint density at radius 2 is 1.85 bits per heavy atom. The number of ether oxygens (including phenoxy) is 3. The third-order valence-electron chi connectivity index (χ3n) is 6.27. The number of carbonyl (C=O) groups excluding carboxylic acids is 1. The van der Waals surface area contributed by atoms with Gasteiger partial charge in [-0.3, -0.25) is 9.36 Å². The van der Waals surface area contributed by atoms with E-state index in [4.69, 9.17) is 30.2 Å². The molecule has 10 heteroatoms. The molecule has 4 aromatic rings. The number of furan rings is 1. The van der Waals surface area contributed by atoms with Gasteiger partial charge in [-0.1, -0.05) is 29.0 Å². The fraction of sp³-hybridized carbons (Fsp3) is 0.207. The molecule has 0 saturated heterocycles. The molecule has 0 saturated carbocycles. The van der Waals surface area contributed by atoms with Crippen molar-refractivity contribution in [3.05, 3.63) is 102 Å². The first-order valence-electron chi connectivity index (χ1n) is 12.1. The Balaban J connectivity index is 1.65. The number of aromatic nitrogens is 1. The van der Waals surface area contributed by atoms with Gasteiger partial charge in [0.1, 0.15) is 11.5 Å². The van der Waals surface area contributed by atoms with Crippen molar-refractivity contribution in [3.8, 4) is 22.8 Å². The van der Waals surface area contributed by atoms with E-state index in [1.165, 1.54) is 23.0 Å². The molecule has 0 fully saturated rings. The van der Waals surface area contributed by atoms with E-state index in [9.17, 15) is 9.59 Å². The predicted octanol–water partition coefficient (Wildman–Crippen LogP) is 4.73. The molecule has 0 amide bonds. The standard InChI is InChI=1S/C29H25ClN2O6S/c1-5-37-28(34)25-16(2)31-29-32(26(25)18-8-12-22(35-3)23(14-18)36-4)27(33)24(39-29)15-20-11-13-21(38-20)17-6-9-19(30)10-7-17/h6-15,26H,5H2,1-4H3/b24-15+/t26-/m0/s1. The van der Waals surface area contributed by atoms with Gasteiger partial charge in [0.25, 0.3) is 5.56 Å². The van der Waals surface area contributed by atoms with Gasteiger partial charge in [-0.15, -0.1) is 0 Å². The molecular formula is C29H25ClN2O6S. The molecule has 0 spiro atoms. The molecule has 2 aromatic carbocycles. The van der Waals surface area contributed by atoms with Crippen LogP contribution in [-0.2, 0) is 9.53 Å². The zero-order chi connectivity index (χ0) is 27.7. The Kier molecular flexibility index (Phi) is 7.45. The largest absolute Gasteiger partial charge is 0.493 e. The van der Waals surface area contributed by atoms with Gasteiger partial charge in [0.05, 0.1) is 42.7 Å². The van der Waals surface area contributed by atoms with Gasteiger partial charge >= 0.3 is 5.97 Å². The van der Waals surface area contributed by atoms with Crippen LogP contribution in [0.15, 0.2) is 80.1 Å². The molecule has 200 valence electrons. The van der Waals surface area contributed by atoms with Crippen LogP contribution in [0.2, 0.25) is 5.02 Å². The minimum absolute atomic E-state index is 0.188. The number of rotatable bonds is 7. The number of nitrogens with zero attached hydrogens (tertiary/aromatic N) is 2. The summed E-state index contributed by atoms with van der Waals surface area (Å²) in [6.07, 6.45) is 1.68. The molecule has 8 nitrogen and oxygen atoms in total. The maximum Gasteiger partial charge on any atom is 0.338 e. The topological polar surface area (TPSA) is 92.3 Å². The summed E-state index contributed by atoms with van der Waals surface area (Å²) in [7, 11) is 3.07. The number of thiazole rings is 1. The van der Waals surface area contributed by atoms with E-state index >= 15 is 0 Å². The molecule has 0 aliphatic carbocycles. The van der Waals surface area contributed by atoms with E-state index in [0.717, 1.165) is 5.56 Å². The maximum absolute atomic E-state index is 13.8. The second-order valence-electron chi connectivity index (χ2n) is 8.63. The van der Waals surface area contributed by atoms with Crippen molar-refractivity contribution in [1.82, 2.24) is 4.57 Å². The number of halogens is 1. The molecule has 1 aliphatic rings. The number of hydrogen-bond acceptors (Lipinski definition) is 8. The highest BCUT2D eigenvalue weighted by atomic mass is 35.5. The summed E-state index contributed by atoms with van der Waals surface area (Å²) in [6.45, 7) is 3.66. The molecular weight excluding hydrogens is 540 g/mol. The Morgan fingerprint density at radius 3 is 2.54 bits per heavy atom. The Morgan fingerprint density at radius 1 is 1.10 bits per heavy atom. The molecule has 2 aromatic heterocycles. The minimum atomic E-state index is -0.775. The normalized spacial score (nSPS) is 15.1. The van der Waals surface area contributed by atoms with Crippen molar-refractivity contribution >= 4 is 35.0 Å². The number of carbonyl (C=O) groups is 1. The average Bonchev–Trinajstić information content (AvgIpc) is 3.52. The van der Waals surface area contributed by atoms with Crippen LogP contribution in [0.1, 0.15) is 31.2 Å². The van der Waals surface area contributed by atoms with E-state index in [0.29, 0.717) is 48.6 Å². The number of allylic oxidation sites excluding steroid dienone is 1. The van der Waals surface area contributed by atoms with Gasteiger partial charge in [-0.05, 0) is 67.9 Å². The van der Waals surface area contributed by atoms with Crippen molar-refractivity contribution in [3.63, 3.8) is 0 Å². The van der Waals surface area contributed by atoms with Crippen LogP contribution in [0.25, 0.3) is 17.4 Å². The second kappa shape index (κ2) is 11.0. The molecule has 1 atom stereocenters. The summed E-state index contributed by atoms with van der Waals surface area (Å²) in [5, 5.41) is 0.633. The van der Waals surface area contributed by atoms with Crippen LogP contribution in [0, 0.1) is 0 Å². The average molecular weight is 565 g/mol. The van der Waals surface area contributed by atoms with E-state index in [1.54, 1.807) is 63.4 Å². The molecule has 0 bridgehead atoms. The third kappa shape index (κ3) is 5.03. The van der Waals surface area contributed by atoms with Crippen molar-refractivity contribution in [2.24, 2.45) is 4.99 Å². The SMILES string of the molecule is CCOC(=O)C1=C(C)N=c2s/c(=C/c3ccc(-c4ccc(Cl)cc4)o3)c(=O)n2[C@H]1c1ccc(OC)c(OC)c1. The number of methoxy groups -OCH3 is 2. The zero-order valence-corrected chi connectivity index (χ0v) is 23.3. The molecule has 0 unspecified atom stereocenters. The van der Waals surface area contributed by atoms with E-state index in [1.807, 2.05) is 18.2 Å². The van der Waals surface area contributed by atoms with Gasteiger partial charge in [-0.25, -0.2) is 9.79 Å². The summed E-state index contributed by atoms with van der Waals surface area (Å²) in [4.78, 5) is 32.0. The Hall–Kier alpha value is -4.08. The lowest BCUT2D eigenvalue weighted by Gasteiger charge is -2.25. The summed E-state index contributed by atoms with van der Waals surface area (Å²) in [5.41, 5.74) is 1.97. The minimum Gasteiger partial charge on any atom is -0.493 e. The monoisotopic (exact) mass is 564 g/mol. The number of fused-ring (bicyclic) bond motifs is 1. The lowest BCUT2D eigenvalue weighted by atomic mass is 9.95. The quantitative estimate of drug-likeness (QED) is 0.301. The summed E-state index contributed by atoms with van der Waals surface area (Å²) < 4.78 is 24.2. The first-order chi connectivity index (χ1) is 18.8. The fourth-order valence-corrected chi connectivity index (χ4v) is 5.61. The zero-order valence-electron chi connectivity index (χ0n) is 21.7. The van der Waals surface area contributed by atoms with E-state index in [2.05, 4.69) is 4.99 Å². The maximum atomic E-state index is 13.8. The fourth-order valence-electron chi connectivity index (χ4n) is 4.46. The highest BCUT2D eigenvalue weighted by Gasteiger charge is 2.34. The molecule has 0 N–H and O–H groups in total. The Bertz CT molecular complexity index is 1760. The Labute approximate surface area is 233 Å². The molecule has 3 heterocycles. The van der Waals surface area contributed by atoms with Crippen LogP contribution < -0.4 is 24.4 Å². The molecule has 5 rings (SSSR count). The number of esters is 1. The third-order valence-corrected chi connectivity index (χ3v) is 7.50. The van der Waals surface area contributed by atoms with Crippen LogP contribution >= 0.6 is 22.9 Å². The molecule has 39 heavy (non-hydrogen) atoms. The van der Waals surface area contributed by atoms with Crippen LogP contribution in [0.5, 0.6) is 11.5 Å². The second-order valence-corrected chi connectivity index (χ2v) is 10.1. The summed E-state index contributed by atoms with van der Waals surface area (Å²) in [6, 6.07) is 15.4. The van der Waals surface area contributed by atoms with Crippen molar-refractivity contribution in [1.29, 1.82) is 0 Å². The molecule has 0 radical (unpaired) electrons. The summed E-state index contributed by atoms with van der Waals surface area (Å²) in [5.74, 6) is 1.62. The van der Waals surface area contributed by atoms with Crippen LogP contribution in [0.4, 0.5) is 0 Å². The van der Waals surface area contributed by atoms with Crippen molar-refractivity contribution in [2.75, 3.05) is 20.8 Å². The summed E-state index contributed by atoms with van der Waals surface area (Å²) >= 11 is 7.22. The van der Waals surface area contributed by atoms with E-state index < -0.39 is 12.0 Å². The number of benzene rings is 2. The van der Waals surface area contributed by atoms with Crippen LogP contribution in [0.3, 0.4) is 0 Å². The van der Waals surface area contributed by atoms with Gasteiger partial charge in [0.2, 0.25) is 0 Å². The number of hydrogen-bond donors (Lipinski definition) is 0. The van der Waals surface area contributed by atoms with Crippen molar-refractivity contribution in [2.45, 2.75) is 19.9 Å².